The Balaban J connectivity index is 4.78. The van der Waals surface area contributed by atoms with E-state index in [1.807, 2.05) is 0 Å². The van der Waals surface area contributed by atoms with Crippen LogP contribution in [0.5, 0.6) is 0 Å². The third-order valence-electron chi connectivity index (χ3n) is 2.14. The minimum atomic E-state index is -1.15. The normalized spacial score (nSPS) is 14.7. The topological polar surface area (TPSA) is 59.8 Å². The van der Waals surface area contributed by atoms with Gasteiger partial charge >= 0.3 is 6.09 Å². The highest BCUT2D eigenvalue weighted by Gasteiger charge is 2.30. The molecule has 0 fully saturated rings. The fourth-order valence-electron chi connectivity index (χ4n) is 1.10. The highest BCUT2D eigenvalue weighted by Crippen LogP contribution is 2.12. The summed E-state index contributed by atoms with van der Waals surface area (Å²) in [5.74, 6) is -0.227. The van der Waals surface area contributed by atoms with Crippen LogP contribution >= 0.6 is 0 Å². The van der Waals surface area contributed by atoms with Crippen LogP contribution in [0.1, 0.15) is 34.6 Å². The van der Waals surface area contributed by atoms with Crippen LogP contribution in [0.25, 0.3) is 4.85 Å². The molecule has 1 amide bonds. The first-order valence-corrected chi connectivity index (χ1v) is 5.64. The number of nitrogens with one attached hydrogen (secondary N) is 1. The van der Waals surface area contributed by atoms with E-state index in [1.54, 1.807) is 33.8 Å². The Morgan fingerprint density at radius 3 is 2.28 bits per heavy atom. The van der Waals surface area contributed by atoms with Gasteiger partial charge in [0.05, 0.1) is 0 Å². The summed E-state index contributed by atoms with van der Waals surface area (Å²) < 4.78 is 5.09. The minimum Gasteiger partial charge on any atom is -0.444 e. The summed E-state index contributed by atoms with van der Waals surface area (Å²) in [7, 11) is 0. The Labute approximate surface area is 108 Å². The number of amides is 1. The summed E-state index contributed by atoms with van der Waals surface area (Å²) in [5, 5.41) is 2.51. The van der Waals surface area contributed by atoms with Crippen LogP contribution < -0.4 is 5.32 Å². The summed E-state index contributed by atoms with van der Waals surface area (Å²) in [4.78, 5) is 26.3. The largest absolute Gasteiger partial charge is 0.444 e. The first-order valence-electron chi connectivity index (χ1n) is 5.64. The van der Waals surface area contributed by atoms with Crippen LogP contribution in [-0.2, 0) is 9.53 Å². The fourth-order valence-corrected chi connectivity index (χ4v) is 1.10. The lowest BCUT2D eigenvalue weighted by Gasteiger charge is -2.27. The highest BCUT2D eigenvalue weighted by atomic mass is 16.6. The van der Waals surface area contributed by atoms with Gasteiger partial charge in [0, 0.05) is 0 Å². The van der Waals surface area contributed by atoms with E-state index in [2.05, 4.69) is 10.2 Å². The maximum absolute atomic E-state index is 11.6. The number of alkyl carbamates (subject to hydrolysis) is 1. The molecule has 1 N–H and O–H groups in total. The maximum Gasteiger partial charge on any atom is 0.408 e. The molecule has 100 valence electrons. The number of hydrogen-bond donors (Lipinski definition) is 1. The third kappa shape index (κ3) is 6.04. The molecule has 0 aromatic heterocycles. The average Bonchev–Trinajstić information content (AvgIpc) is 2.14. The SMILES string of the molecule is [C-]#[N+]C/C=C\[C@@](C)(NC(=O)OC(C)(C)C)C(C)=O. The van der Waals surface area contributed by atoms with E-state index in [9.17, 15) is 9.59 Å². The quantitative estimate of drug-likeness (QED) is 0.617. The van der Waals surface area contributed by atoms with Gasteiger partial charge in [0.1, 0.15) is 11.1 Å². The van der Waals surface area contributed by atoms with Crippen LogP contribution in [0, 0.1) is 6.57 Å². The summed E-state index contributed by atoms with van der Waals surface area (Å²) in [6.07, 6.45) is 2.40. The molecule has 0 saturated carbocycles. The van der Waals surface area contributed by atoms with Gasteiger partial charge in [-0.15, -0.1) is 0 Å². The van der Waals surface area contributed by atoms with Crippen molar-refractivity contribution in [2.45, 2.75) is 45.8 Å². The molecule has 0 aromatic rings. The van der Waals surface area contributed by atoms with E-state index in [-0.39, 0.29) is 12.3 Å². The number of Topliss-reactive ketones (excluding diaryl/α,β-unsaturated/α-hetero) is 1. The molecule has 5 nitrogen and oxygen atoms in total. The van der Waals surface area contributed by atoms with Crippen molar-refractivity contribution in [3.8, 4) is 0 Å². The van der Waals surface area contributed by atoms with Gasteiger partial charge in [0.2, 0.25) is 6.54 Å². The van der Waals surface area contributed by atoms with Crippen LogP contribution in [0.2, 0.25) is 0 Å². The molecule has 0 aliphatic carbocycles. The Kier molecular flexibility index (Phi) is 5.57. The van der Waals surface area contributed by atoms with Crippen molar-refractivity contribution in [1.82, 2.24) is 5.32 Å². The molecule has 0 radical (unpaired) electrons. The number of rotatable bonds is 4. The Morgan fingerprint density at radius 1 is 1.33 bits per heavy atom. The van der Waals surface area contributed by atoms with Gasteiger partial charge in [-0.25, -0.2) is 11.4 Å². The number of nitrogens with zero attached hydrogens (tertiary/aromatic N) is 1. The van der Waals surface area contributed by atoms with Crippen molar-refractivity contribution in [2.75, 3.05) is 6.54 Å². The lowest BCUT2D eigenvalue weighted by Crippen LogP contribution is -2.51. The van der Waals surface area contributed by atoms with E-state index < -0.39 is 17.2 Å². The second-order valence-corrected chi connectivity index (χ2v) is 5.13. The molecule has 0 heterocycles. The molecule has 18 heavy (non-hydrogen) atoms. The van der Waals surface area contributed by atoms with Crippen molar-refractivity contribution < 1.29 is 14.3 Å². The van der Waals surface area contributed by atoms with Gasteiger partial charge in [-0.05, 0) is 46.8 Å². The van der Waals surface area contributed by atoms with E-state index in [0.29, 0.717) is 0 Å². The third-order valence-corrected chi connectivity index (χ3v) is 2.14. The maximum atomic E-state index is 11.6. The van der Waals surface area contributed by atoms with Gasteiger partial charge in [-0.2, -0.15) is 0 Å². The second-order valence-electron chi connectivity index (χ2n) is 5.13. The van der Waals surface area contributed by atoms with Crippen LogP contribution in [-0.4, -0.2) is 29.6 Å². The van der Waals surface area contributed by atoms with Crippen LogP contribution in [0.4, 0.5) is 4.79 Å². The first kappa shape index (κ1) is 16.2. The zero-order valence-electron chi connectivity index (χ0n) is 11.5. The molecule has 0 rings (SSSR count). The van der Waals surface area contributed by atoms with Crippen molar-refractivity contribution in [3.63, 3.8) is 0 Å². The van der Waals surface area contributed by atoms with Gasteiger partial charge in [0.25, 0.3) is 0 Å². The number of hydrogen-bond acceptors (Lipinski definition) is 3. The Morgan fingerprint density at radius 2 is 1.89 bits per heavy atom. The number of ether oxygens (including phenoxy) is 1. The molecule has 1 atom stereocenters. The van der Waals surface area contributed by atoms with Crippen molar-refractivity contribution >= 4 is 11.9 Å². The zero-order chi connectivity index (χ0) is 14.4. The molecule has 0 saturated heterocycles. The van der Waals surface area contributed by atoms with Gasteiger partial charge in [-0.1, -0.05) is 0 Å². The smallest absolute Gasteiger partial charge is 0.408 e. The molecule has 5 heteroatoms. The summed E-state index contributed by atoms with van der Waals surface area (Å²) in [5.41, 5.74) is -1.77. The van der Waals surface area contributed by atoms with Gasteiger partial charge in [-0.3, -0.25) is 4.79 Å². The molecule has 0 aromatic carbocycles. The molecular formula is C13H20N2O3. The Hall–Kier alpha value is -1.83. The summed E-state index contributed by atoms with van der Waals surface area (Å²) >= 11 is 0. The monoisotopic (exact) mass is 252 g/mol. The van der Waals surface area contributed by atoms with E-state index in [4.69, 9.17) is 11.3 Å². The minimum absolute atomic E-state index is 0.166. The predicted octanol–water partition coefficient (Wildman–Crippen LogP) is 2.33. The van der Waals surface area contributed by atoms with Crippen molar-refractivity contribution in [2.24, 2.45) is 0 Å². The predicted molar refractivity (Wildman–Crippen MR) is 69.1 cm³/mol. The standard InChI is InChI=1S/C13H20N2O3/c1-10(16)13(5,8-7-9-14-6)15-11(17)18-12(2,3)4/h7-8H,9H2,1-5H3,(H,15,17)/b8-7-/t13-/m1/s1. The van der Waals surface area contributed by atoms with Crippen LogP contribution in [0.3, 0.4) is 0 Å². The van der Waals surface area contributed by atoms with Crippen molar-refractivity contribution in [3.05, 3.63) is 23.6 Å². The van der Waals surface area contributed by atoms with Crippen LogP contribution in [0.15, 0.2) is 12.2 Å². The fraction of sp³-hybridized carbons (Fsp3) is 0.615. The summed E-state index contributed by atoms with van der Waals surface area (Å²) in [6.45, 7) is 15.0. The Bertz CT molecular complexity index is 388. The molecule has 0 bridgehead atoms. The molecule has 0 aliphatic heterocycles. The van der Waals surface area contributed by atoms with E-state index >= 15 is 0 Å². The molecular weight excluding hydrogens is 232 g/mol. The lowest BCUT2D eigenvalue weighted by atomic mass is 9.97. The molecule has 0 spiro atoms. The van der Waals surface area contributed by atoms with Crippen molar-refractivity contribution in [1.29, 1.82) is 0 Å². The lowest BCUT2D eigenvalue weighted by molar-refractivity contribution is -0.121. The first-order chi connectivity index (χ1) is 8.10. The van der Waals surface area contributed by atoms with Gasteiger partial charge < -0.3 is 14.9 Å². The average molecular weight is 252 g/mol. The molecule has 0 aliphatic rings. The highest BCUT2D eigenvalue weighted by molar-refractivity contribution is 5.91. The summed E-state index contributed by atoms with van der Waals surface area (Å²) in [6, 6.07) is 0. The van der Waals surface area contributed by atoms with E-state index in [1.165, 1.54) is 13.0 Å². The number of carbonyl (C=O) groups is 2. The van der Waals surface area contributed by atoms with Gasteiger partial charge in [0.15, 0.2) is 5.78 Å². The zero-order valence-corrected chi connectivity index (χ0v) is 11.5. The second kappa shape index (κ2) is 6.20. The number of carbonyl (C=O) groups excluding carboxylic acids is 2. The van der Waals surface area contributed by atoms with E-state index in [0.717, 1.165) is 0 Å². The number of ketones is 1. The molecule has 0 unspecified atom stereocenters.